The Bertz CT molecular complexity index is 515. The Labute approximate surface area is 131 Å². The first-order valence-electron chi connectivity index (χ1n) is 7.40. The van der Waals surface area contributed by atoms with Crippen molar-refractivity contribution in [3.63, 3.8) is 0 Å². The summed E-state index contributed by atoms with van der Waals surface area (Å²) >= 11 is 0. The first-order chi connectivity index (χ1) is 10.4. The molecule has 1 unspecified atom stereocenters. The molecule has 0 saturated heterocycles. The van der Waals surface area contributed by atoms with E-state index in [1.165, 1.54) is 0 Å². The van der Waals surface area contributed by atoms with Crippen LogP contribution in [0.5, 0.6) is 5.75 Å². The topological polar surface area (TPSA) is 93.5 Å². The summed E-state index contributed by atoms with van der Waals surface area (Å²) in [5.74, 6) is 0.210. The Morgan fingerprint density at radius 1 is 1.27 bits per heavy atom. The van der Waals surface area contributed by atoms with Crippen LogP contribution in [0, 0.1) is 0 Å². The number of hydrogen-bond donors (Lipinski definition) is 3. The van der Waals surface area contributed by atoms with Crippen LogP contribution in [-0.2, 0) is 4.79 Å². The number of ether oxygens (including phenoxy) is 1. The third kappa shape index (κ3) is 5.37. The second-order valence-corrected chi connectivity index (χ2v) is 5.41. The second kappa shape index (κ2) is 8.38. The molecular weight excluding hydrogens is 282 g/mol. The lowest BCUT2D eigenvalue weighted by atomic mass is 9.97. The molecule has 1 aromatic carbocycles. The van der Waals surface area contributed by atoms with E-state index >= 15 is 0 Å². The van der Waals surface area contributed by atoms with E-state index in [-0.39, 0.29) is 11.8 Å². The number of carbonyl (C=O) groups is 2. The van der Waals surface area contributed by atoms with Gasteiger partial charge in [-0.15, -0.1) is 0 Å². The molecule has 0 bridgehead atoms. The minimum absolute atomic E-state index is 0.204. The van der Waals surface area contributed by atoms with Gasteiger partial charge in [-0.2, -0.15) is 0 Å². The van der Waals surface area contributed by atoms with E-state index in [4.69, 9.17) is 10.5 Å². The summed E-state index contributed by atoms with van der Waals surface area (Å²) < 4.78 is 5.07. The molecule has 0 aliphatic heterocycles. The first kappa shape index (κ1) is 18.0. The highest BCUT2D eigenvalue weighted by atomic mass is 16.5. The van der Waals surface area contributed by atoms with E-state index in [1.807, 2.05) is 6.92 Å². The van der Waals surface area contributed by atoms with E-state index in [2.05, 4.69) is 10.6 Å². The lowest BCUT2D eigenvalue weighted by Gasteiger charge is -2.22. The van der Waals surface area contributed by atoms with Gasteiger partial charge < -0.3 is 21.1 Å². The molecule has 0 aliphatic rings. The van der Waals surface area contributed by atoms with Crippen LogP contribution < -0.4 is 21.1 Å². The Morgan fingerprint density at radius 2 is 1.95 bits per heavy atom. The third-order valence-corrected chi connectivity index (χ3v) is 3.32. The van der Waals surface area contributed by atoms with Gasteiger partial charge >= 0.3 is 0 Å². The maximum absolute atomic E-state index is 12.0. The average Bonchev–Trinajstić information content (AvgIpc) is 2.51. The zero-order valence-electron chi connectivity index (χ0n) is 13.4. The van der Waals surface area contributed by atoms with E-state index in [0.29, 0.717) is 30.8 Å². The third-order valence-electron chi connectivity index (χ3n) is 3.32. The molecule has 1 atom stereocenters. The molecule has 4 N–H and O–H groups in total. The molecule has 0 fully saturated rings. The highest BCUT2D eigenvalue weighted by Gasteiger charge is 2.26. The smallest absolute Gasteiger partial charge is 0.251 e. The fourth-order valence-electron chi connectivity index (χ4n) is 2.05. The lowest BCUT2D eigenvalue weighted by Crippen LogP contribution is -2.52. The van der Waals surface area contributed by atoms with E-state index in [0.717, 1.165) is 6.42 Å². The predicted octanol–water partition coefficient (Wildman–Crippen LogP) is 1.06. The summed E-state index contributed by atoms with van der Waals surface area (Å²) in [5.41, 5.74) is 5.57. The van der Waals surface area contributed by atoms with Gasteiger partial charge in [-0.3, -0.25) is 9.59 Å². The molecule has 122 valence electrons. The number of carbonyl (C=O) groups excluding carboxylic acids is 2. The van der Waals surface area contributed by atoms with Crippen LogP contribution in [0.2, 0.25) is 0 Å². The van der Waals surface area contributed by atoms with Crippen molar-refractivity contribution in [1.29, 1.82) is 0 Å². The maximum atomic E-state index is 12.0. The summed E-state index contributed by atoms with van der Waals surface area (Å²) in [4.78, 5) is 23.8. The summed E-state index contributed by atoms with van der Waals surface area (Å²) in [6.07, 6.45) is 1.46. The molecule has 0 aliphatic carbocycles. The number of nitrogens with one attached hydrogen (secondary N) is 2. The number of hydrogen-bond acceptors (Lipinski definition) is 4. The molecule has 0 aromatic heterocycles. The van der Waals surface area contributed by atoms with Crippen LogP contribution in [0.25, 0.3) is 0 Å². The fraction of sp³-hybridized carbons (Fsp3) is 0.500. The van der Waals surface area contributed by atoms with Crippen molar-refractivity contribution in [3.05, 3.63) is 29.8 Å². The average molecular weight is 307 g/mol. The van der Waals surface area contributed by atoms with Gasteiger partial charge in [-0.25, -0.2) is 0 Å². The molecule has 0 saturated carbocycles. The number of rotatable bonds is 8. The number of methoxy groups -OCH3 is 1. The predicted molar refractivity (Wildman–Crippen MR) is 85.8 cm³/mol. The Hall–Kier alpha value is -2.08. The summed E-state index contributed by atoms with van der Waals surface area (Å²) in [5, 5.41) is 5.47. The normalized spacial score (nSPS) is 13.1. The highest BCUT2D eigenvalue weighted by Crippen LogP contribution is 2.12. The van der Waals surface area contributed by atoms with E-state index in [1.54, 1.807) is 38.3 Å². The van der Waals surface area contributed by atoms with Gasteiger partial charge in [0.2, 0.25) is 5.91 Å². The summed E-state index contributed by atoms with van der Waals surface area (Å²) in [6.45, 7) is 4.36. The Kier molecular flexibility index (Phi) is 6.85. The van der Waals surface area contributed by atoms with Crippen molar-refractivity contribution in [2.24, 2.45) is 5.73 Å². The number of nitrogens with two attached hydrogens (primary N) is 1. The van der Waals surface area contributed by atoms with Crippen LogP contribution in [0.4, 0.5) is 0 Å². The van der Waals surface area contributed by atoms with Crippen molar-refractivity contribution in [3.8, 4) is 5.75 Å². The van der Waals surface area contributed by atoms with Gasteiger partial charge in [0.1, 0.15) is 5.75 Å². The van der Waals surface area contributed by atoms with Gasteiger partial charge in [0.05, 0.1) is 12.6 Å². The standard InChI is InChI=1S/C16H25N3O3/c1-4-8-16(2,17)15(21)19-10-9-18-14(20)12-6-5-7-13(11-12)22-3/h5-7,11H,4,8-10,17H2,1-3H3,(H,18,20)(H,19,21). The monoisotopic (exact) mass is 307 g/mol. The zero-order chi connectivity index (χ0) is 16.6. The molecular formula is C16H25N3O3. The Morgan fingerprint density at radius 3 is 2.59 bits per heavy atom. The minimum atomic E-state index is -0.869. The van der Waals surface area contributed by atoms with E-state index in [9.17, 15) is 9.59 Å². The van der Waals surface area contributed by atoms with Crippen molar-refractivity contribution >= 4 is 11.8 Å². The molecule has 0 spiro atoms. The molecule has 0 radical (unpaired) electrons. The van der Waals surface area contributed by atoms with Crippen molar-refractivity contribution in [2.45, 2.75) is 32.2 Å². The molecule has 22 heavy (non-hydrogen) atoms. The van der Waals surface area contributed by atoms with Crippen LogP contribution in [0.1, 0.15) is 37.0 Å². The summed E-state index contributed by atoms with van der Waals surface area (Å²) in [7, 11) is 1.55. The zero-order valence-corrected chi connectivity index (χ0v) is 13.4. The van der Waals surface area contributed by atoms with Gasteiger partial charge in [-0.1, -0.05) is 19.4 Å². The van der Waals surface area contributed by atoms with Crippen LogP contribution >= 0.6 is 0 Å². The lowest BCUT2D eigenvalue weighted by molar-refractivity contribution is -0.126. The fourth-order valence-corrected chi connectivity index (χ4v) is 2.05. The molecule has 6 nitrogen and oxygen atoms in total. The van der Waals surface area contributed by atoms with E-state index < -0.39 is 5.54 Å². The minimum Gasteiger partial charge on any atom is -0.497 e. The quantitative estimate of drug-likeness (QED) is 0.626. The maximum Gasteiger partial charge on any atom is 0.251 e. The molecule has 0 heterocycles. The number of benzene rings is 1. The SMILES string of the molecule is CCCC(C)(N)C(=O)NCCNC(=O)c1cccc(OC)c1. The first-order valence-corrected chi connectivity index (χ1v) is 7.40. The second-order valence-electron chi connectivity index (χ2n) is 5.41. The number of amides is 2. The van der Waals surface area contributed by atoms with Gasteiger partial charge in [0.15, 0.2) is 0 Å². The van der Waals surface area contributed by atoms with Crippen molar-refractivity contribution < 1.29 is 14.3 Å². The van der Waals surface area contributed by atoms with Crippen LogP contribution in [0.15, 0.2) is 24.3 Å². The molecule has 1 aromatic rings. The van der Waals surface area contributed by atoms with Crippen LogP contribution in [-0.4, -0.2) is 37.6 Å². The van der Waals surface area contributed by atoms with Gasteiger partial charge in [0, 0.05) is 18.7 Å². The van der Waals surface area contributed by atoms with Crippen molar-refractivity contribution in [1.82, 2.24) is 10.6 Å². The molecule has 1 rings (SSSR count). The Balaban J connectivity index is 2.38. The summed E-state index contributed by atoms with van der Waals surface area (Å²) in [6, 6.07) is 6.88. The van der Waals surface area contributed by atoms with Gasteiger partial charge in [-0.05, 0) is 31.5 Å². The molecule has 6 heteroatoms. The van der Waals surface area contributed by atoms with Gasteiger partial charge in [0.25, 0.3) is 5.91 Å². The largest absolute Gasteiger partial charge is 0.497 e. The van der Waals surface area contributed by atoms with Crippen LogP contribution in [0.3, 0.4) is 0 Å². The highest BCUT2D eigenvalue weighted by molar-refractivity contribution is 5.94. The van der Waals surface area contributed by atoms with Crippen molar-refractivity contribution in [2.75, 3.05) is 20.2 Å². The molecule has 2 amide bonds.